The Balaban J connectivity index is 1.59. The molecule has 0 aliphatic carbocycles. The van der Waals surface area contributed by atoms with Crippen molar-refractivity contribution in [1.29, 1.82) is 0 Å². The molecule has 0 N–H and O–H groups in total. The number of ether oxygens (including phenoxy) is 2. The fourth-order valence-corrected chi connectivity index (χ4v) is 3.62. The van der Waals surface area contributed by atoms with E-state index in [2.05, 4.69) is 0 Å². The van der Waals surface area contributed by atoms with Gasteiger partial charge in [0.1, 0.15) is 0 Å². The standard InChI is InChI=1S/C22H25NO4/c1-26-20-10-6-9-18(22(20)27-2)17-13-14-23(15-17)21(25)12-11-19(24)16-7-4-3-5-8-16/h3-10,17H,11-15H2,1-2H3/t17-/m1/s1. The molecule has 0 aromatic heterocycles. The van der Waals surface area contributed by atoms with Crippen LogP contribution in [0.2, 0.25) is 0 Å². The van der Waals surface area contributed by atoms with Gasteiger partial charge in [0.15, 0.2) is 17.3 Å². The maximum absolute atomic E-state index is 12.6. The van der Waals surface area contributed by atoms with Crippen molar-refractivity contribution in [2.45, 2.75) is 25.2 Å². The molecule has 1 saturated heterocycles. The SMILES string of the molecule is COc1cccc([C@@H]2CCN(C(=O)CCC(=O)c3ccccc3)C2)c1OC. The van der Waals surface area contributed by atoms with Gasteiger partial charge in [-0.25, -0.2) is 0 Å². The molecule has 0 unspecified atom stereocenters. The monoisotopic (exact) mass is 367 g/mol. The lowest BCUT2D eigenvalue weighted by molar-refractivity contribution is -0.130. The lowest BCUT2D eigenvalue weighted by Gasteiger charge is -2.19. The summed E-state index contributed by atoms with van der Waals surface area (Å²) in [6.07, 6.45) is 1.37. The van der Waals surface area contributed by atoms with Crippen LogP contribution in [-0.2, 0) is 4.79 Å². The molecule has 142 valence electrons. The van der Waals surface area contributed by atoms with Gasteiger partial charge in [-0.2, -0.15) is 0 Å². The Hall–Kier alpha value is -2.82. The summed E-state index contributed by atoms with van der Waals surface area (Å²) < 4.78 is 10.9. The van der Waals surface area contributed by atoms with Gasteiger partial charge in [0.2, 0.25) is 5.91 Å². The summed E-state index contributed by atoms with van der Waals surface area (Å²) >= 11 is 0. The Morgan fingerprint density at radius 1 is 1.00 bits per heavy atom. The van der Waals surface area contributed by atoms with Crippen molar-refractivity contribution >= 4 is 11.7 Å². The molecule has 1 amide bonds. The van der Waals surface area contributed by atoms with Crippen LogP contribution in [0.5, 0.6) is 11.5 Å². The Kier molecular flexibility index (Phi) is 6.12. The van der Waals surface area contributed by atoms with E-state index in [0.29, 0.717) is 24.4 Å². The van der Waals surface area contributed by atoms with Crippen molar-refractivity contribution in [1.82, 2.24) is 4.90 Å². The van der Waals surface area contributed by atoms with Gasteiger partial charge in [-0.05, 0) is 12.5 Å². The van der Waals surface area contributed by atoms with E-state index < -0.39 is 0 Å². The van der Waals surface area contributed by atoms with E-state index in [9.17, 15) is 9.59 Å². The van der Waals surface area contributed by atoms with Crippen molar-refractivity contribution in [3.05, 3.63) is 59.7 Å². The molecule has 1 aliphatic heterocycles. The van der Waals surface area contributed by atoms with Crippen molar-refractivity contribution in [3.8, 4) is 11.5 Å². The highest BCUT2D eigenvalue weighted by atomic mass is 16.5. The number of benzene rings is 2. The zero-order valence-electron chi connectivity index (χ0n) is 15.8. The maximum Gasteiger partial charge on any atom is 0.223 e. The van der Waals surface area contributed by atoms with Gasteiger partial charge in [0.25, 0.3) is 0 Å². The first-order chi connectivity index (χ1) is 13.1. The maximum atomic E-state index is 12.6. The lowest BCUT2D eigenvalue weighted by Crippen LogP contribution is -2.28. The number of carbonyl (C=O) groups excluding carboxylic acids is 2. The van der Waals surface area contributed by atoms with E-state index in [0.717, 1.165) is 17.7 Å². The molecule has 0 saturated carbocycles. The Bertz CT molecular complexity index is 803. The van der Waals surface area contributed by atoms with E-state index in [-0.39, 0.29) is 30.4 Å². The van der Waals surface area contributed by atoms with Gasteiger partial charge in [-0.1, -0.05) is 42.5 Å². The van der Waals surface area contributed by atoms with Gasteiger partial charge >= 0.3 is 0 Å². The molecule has 27 heavy (non-hydrogen) atoms. The molecule has 0 spiro atoms. The predicted octanol–water partition coefficient (Wildman–Crippen LogP) is 3.68. The number of methoxy groups -OCH3 is 2. The van der Waals surface area contributed by atoms with Gasteiger partial charge in [-0.15, -0.1) is 0 Å². The molecule has 1 aliphatic rings. The molecule has 2 aromatic carbocycles. The third-order valence-electron chi connectivity index (χ3n) is 5.08. The zero-order chi connectivity index (χ0) is 19.2. The van der Waals surface area contributed by atoms with Crippen molar-refractivity contribution in [3.63, 3.8) is 0 Å². The van der Waals surface area contributed by atoms with E-state index in [1.54, 1.807) is 26.4 Å². The number of Topliss-reactive ketones (excluding diaryl/α,β-unsaturated/α-hetero) is 1. The van der Waals surface area contributed by atoms with Crippen molar-refractivity contribution in [2.24, 2.45) is 0 Å². The summed E-state index contributed by atoms with van der Waals surface area (Å²) in [6.45, 7) is 1.34. The minimum absolute atomic E-state index is 0.00848. The molecule has 1 heterocycles. The fourth-order valence-electron chi connectivity index (χ4n) is 3.62. The number of nitrogens with zero attached hydrogens (tertiary/aromatic N) is 1. The summed E-state index contributed by atoms with van der Waals surface area (Å²) in [5.41, 5.74) is 1.72. The van der Waals surface area contributed by atoms with Crippen LogP contribution in [0.1, 0.15) is 41.1 Å². The van der Waals surface area contributed by atoms with Crippen LogP contribution in [0.25, 0.3) is 0 Å². The van der Waals surface area contributed by atoms with Crippen LogP contribution in [0.4, 0.5) is 0 Å². The van der Waals surface area contributed by atoms with Crippen LogP contribution in [0, 0.1) is 0 Å². The molecule has 1 atom stereocenters. The summed E-state index contributed by atoms with van der Waals surface area (Å²) in [6, 6.07) is 15.0. The van der Waals surface area contributed by atoms with Gasteiger partial charge in [-0.3, -0.25) is 9.59 Å². The molecular weight excluding hydrogens is 342 g/mol. The van der Waals surface area contributed by atoms with Crippen LogP contribution in [0.15, 0.2) is 48.5 Å². The number of rotatable bonds is 7. The zero-order valence-corrected chi connectivity index (χ0v) is 15.8. The Morgan fingerprint density at radius 2 is 1.78 bits per heavy atom. The van der Waals surface area contributed by atoms with Crippen LogP contribution >= 0.6 is 0 Å². The van der Waals surface area contributed by atoms with Gasteiger partial charge in [0, 0.05) is 43.0 Å². The highest BCUT2D eigenvalue weighted by molar-refractivity contribution is 5.97. The molecular formula is C22H25NO4. The molecule has 0 bridgehead atoms. The number of carbonyl (C=O) groups is 2. The predicted molar refractivity (Wildman–Crippen MR) is 103 cm³/mol. The minimum Gasteiger partial charge on any atom is -0.493 e. The van der Waals surface area contributed by atoms with Crippen molar-refractivity contribution < 1.29 is 19.1 Å². The highest BCUT2D eigenvalue weighted by Gasteiger charge is 2.30. The van der Waals surface area contributed by atoms with E-state index in [1.165, 1.54) is 0 Å². The number of ketones is 1. The molecule has 3 rings (SSSR count). The van der Waals surface area contributed by atoms with Gasteiger partial charge < -0.3 is 14.4 Å². The Labute approximate surface area is 159 Å². The number of para-hydroxylation sites is 1. The molecule has 5 nitrogen and oxygen atoms in total. The molecule has 5 heteroatoms. The number of hydrogen-bond acceptors (Lipinski definition) is 4. The van der Waals surface area contributed by atoms with Crippen LogP contribution in [0.3, 0.4) is 0 Å². The van der Waals surface area contributed by atoms with Crippen LogP contribution in [-0.4, -0.2) is 43.9 Å². The second-order valence-corrected chi connectivity index (χ2v) is 6.70. The largest absolute Gasteiger partial charge is 0.493 e. The van der Waals surface area contributed by atoms with E-state index in [4.69, 9.17) is 9.47 Å². The summed E-state index contributed by atoms with van der Waals surface area (Å²) in [5, 5.41) is 0. The number of hydrogen-bond donors (Lipinski definition) is 0. The Morgan fingerprint density at radius 3 is 2.48 bits per heavy atom. The third-order valence-corrected chi connectivity index (χ3v) is 5.08. The summed E-state index contributed by atoms with van der Waals surface area (Å²) in [7, 11) is 3.25. The molecule has 1 fully saturated rings. The van der Waals surface area contributed by atoms with Crippen LogP contribution < -0.4 is 9.47 Å². The lowest BCUT2D eigenvalue weighted by atomic mass is 9.97. The second kappa shape index (κ2) is 8.71. The smallest absolute Gasteiger partial charge is 0.223 e. The fraction of sp³-hybridized carbons (Fsp3) is 0.364. The second-order valence-electron chi connectivity index (χ2n) is 6.70. The quantitative estimate of drug-likeness (QED) is 0.701. The van der Waals surface area contributed by atoms with E-state index >= 15 is 0 Å². The molecule has 2 aromatic rings. The van der Waals surface area contributed by atoms with E-state index in [1.807, 2.05) is 41.3 Å². The summed E-state index contributed by atoms with van der Waals surface area (Å²) in [5.74, 6) is 1.69. The van der Waals surface area contributed by atoms with Crippen molar-refractivity contribution in [2.75, 3.05) is 27.3 Å². The first-order valence-electron chi connectivity index (χ1n) is 9.21. The number of likely N-dealkylation sites (tertiary alicyclic amines) is 1. The molecule has 0 radical (unpaired) electrons. The number of amides is 1. The first kappa shape index (κ1) is 19.0. The first-order valence-corrected chi connectivity index (χ1v) is 9.21. The summed E-state index contributed by atoms with van der Waals surface area (Å²) in [4.78, 5) is 26.6. The average molecular weight is 367 g/mol. The minimum atomic E-state index is 0.00848. The normalized spacial score (nSPS) is 16.2. The average Bonchev–Trinajstić information content (AvgIpc) is 3.21. The highest BCUT2D eigenvalue weighted by Crippen LogP contribution is 2.39. The third kappa shape index (κ3) is 4.30. The van der Waals surface area contributed by atoms with Gasteiger partial charge in [0.05, 0.1) is 14.2 Å². The topological polar surface area (TPSA) is 55.8 Å².